The fourth-order valence-corrected chi connectivity index (χ4v) is 4.05. The van der Waals surface area contributed by atoms with Gasteiger partial charge in [0.2, 0.25) is 5.43 Å². The van der Waals surface area contributed by atoms with Crippen LogP contribution in [-0.2, 0) is 0 Å². The Kier molecular flexibility index (Phi) is 3.31. The second-order valence-electron chi connectivity index (χ2n) is 5.48. The summed E-state index contributed by atoms with van der Waals surface area (Å²) in [5, 5.41) is 2.90. The summed E-state index contributed by atoms with van der Waals surface area (Å²) >= 11 is 1.67. The summed E-state index contributed by atoms with van der Waals surface area (Å²) in [6.07, 6.45) is 3.63. The summed E-state index contributed by atoms with van der Waals surface area (Å²) in [5.74, 6) is 0. The van der Waals surface area contributed by atoms with Crippen LogP contribution in [-0.4, -0.2) is 12.1 Å². The van der Waals surface area contributed by atoms with E-state index in [1.807, 2.05) is 29.6 Å². The lowest BCUT2D eigenvalue weighted by molar-refractivity contribution is 0.414. The molecule has 1 aliphatic rings. The monoisotopic (exact) mass is 273 g/mol. The number of hydrogen-bond acceptors (Lipinski definition) is 3. The van der Waals surface area contributed by atoms with Gasteiger partial charge in [0.25, 0.3) is 0 Å². The van der Waals surface area contributed by atoms with Crippen molar-refractivity contribution >= 4 is 27.1 Å². The first-order valence-corrected chi connectivity index (χ1v) is 7.85. The molecule has 1 aliphatic heterocycles. The van der Waals surface area contributed by atoms with Crippen LogP contribution in [0, 0.1) is 0 Å². The zero-order chi connectivity index (χ0) is 13.4. The molecule has 2 heterocycles. The molecule has 0 amide bonds. The number of hydrogen-bond donors (Lipinski definition) is 0. The minimum Gasteiger partial charge on any atom is -0.362 e. The van der Waals surface area contributed by atoms with Crippen LogP contribution in [0.15, 0.2) is 34.4 Å². The van der Waals surface area contributed by atoms with E-state index in [1.54, 1.807) is 11.3 Å². The van der Waals surface area contributed by atoms with Crippen molar-refractivity contribution in [2.75, 3.05) is 4.90 Å². The zero-order valence-corrected chi connectivity index (χ0v) is 12.2. The van der Waals surface area contributed by atoms with Crippen LogP contribution in [0.4, 0.5) is 5.69 Å². The standard InChI is InChI=1S/C16H19NOS/c1-11-6-5-7-12(2)17(11)14-10-19-15-9-4-3-8-13(15)16(14)18/h3-4,8-12H,5-7H2,1-2H3/t11-,12-/m1/s1. The molecule has 2 aromatic rings. The average Bonchev–Trinajstić information content (AvgIpc) is 2.41. The maximum absolute atomic E-state index is 12.7. The van der Waals surface area contributed by atoms with E-state index in [9.17, 15) is 4.79 Å². The number of rotatable bonds is 1. The molecule has 3 heteroatoms. The van der Waals surface area contributed by atoms with E-state index in [1.165, 1.54) is 19.3 Å². The fourth-order valence-electron chi connectivity index (χ4n) is 3.14. The quantitative estimate of drug-likeness (QED) is 0.782. The third-order valence-corrected chi connectivity index (χ3v) is 5.08. The molecule has 2 atom stereocenters. The third-order valence-electron chi connectivity index (χ3n) is 4.13. The van der Waals surface area contributed by atoms with Crippen LogP contribution < -0.4 is 10.3 Å². The fraction of sp³-hybridized carbons (Fsp3) is 0.438. The predicted octanol–water partition coefficient (Wildman–Crippen LogP) is 4.03. The second kappa shape index (κ2) is 4.97. The molecule has 19 heavy (non-hydrogen) atoms. The van der Waals surface area contributed by atoms with Crippen LogP contribution in [0.3, 0.4) is 0 Å². The summed E-state index contributed by atoms with van der Waals surface area (Å²) in [6.45, 7) is 4.46. The molecule has 0 radical (unpaired) electrons. The van der Waals surface area contributed by atoms with E-state index in [-0.39, 0.29) is 5.43 Å². The Morgan fingerprint density at radius 3 is 2.58 bits per heavy atom. The highest BCUT2D eigenvalue weighted by Gasteiger charge is 2.26. The van der Waals surface area contributed by atoms with E-state index in [2.05, 4.69) is 18.7 Å². The van der Waals surface area contributed by atoms with Gasteiger partial charge in [-0.2, -0.15) is 0 Å². The van der Waals surface area contributed by atoms with Crippen molar-refractivity contribution in [3.8, 4) is 0 Å². The first-order chi connectivity index (χ1) is 9.18. The molecule has 1 fully saturated rings. The molecule has 3 rings (SSSR count). The maximum Gasteiger partial charge on any atom is 0.211 e. The third kappa shape index (κ3) is 2.16. The van der Waals surface area contributed by atoms with Gasteiger partial charge >= 0.3 is 0 Å². The largest absolute Gasteiger partial charge is 0.362 e. The lowest BCUT2D eigenvalue weighted by Gasteiger charge is -2.40. The van der Waals surface area contributed by atoms with Crippen molar-refractivity contribution < 1.29 is 0 Å². The highest BCUT2D eigenvalue weighted by Crippen LogP contribution is 2.29. The molecule has 0 bridgehead atoms. The number of piperidine rings is 1. The van der Waals surface area contributed by atoms with Crippen LogP contribution in [0.5, 0.6) is 0 Å². The molecule has 100 valence electrons. The number of fused-ring (bicyclic) bond motifs is 1. The van der Waals surface area contributed by atoms with Gasteiger partial charge in [-0.05, 0) is 45.2 Å². The molecule has 0 spiro atoms. The molecule has 1 saturated heterocycles. The summed E-state index contributed by atoms with van der Waals surface area (Å²) in [4.78, 5) is 15.0. The molecular formula is C16H19NOS. The highest BCUT2D eigenvalue weighted by atomic mass is 32.1. The Bertz CT molecular complexity index is 638. The molecule has 0 N–H and O–H groups in total. The van der Waals surface area contributed by atoms with Crippen molar-refractivity contribution in [1.82, 2.24) is 0 Å². The molecule has 2 nitrogen and oxygen atoms in total. The van der Waals surface area contributed by atoms with Gasteiger partial charge in [-0.25, -0.2) is 0 Å². The first-order valence-electron chi connectivity index (χ1n) is 6.97. The van der Waals surface area contributed by atoms with Crippen molar-refractivity contribution in [3.63, 3.8) is 0 Å². The van der Waals surface area contributed by atoms with Gasteiger partial charge in [0.1, 0.15) is 0 Å². The Morgan fingerprint density at radius 2 is 1.84 bits per heavy atom. The first kappa shape index (κ1) is 12.7. The van der Waals surface area contributed by atoms with E-state index in [4.69, 9.17) is 0 Å². The Morgan fingerprint density at radius 1 is 1.16 bits per heavy atom. The van der Waals surface area contributed by atoms with Crippen LogP contribution in [0.1, 0.15) is 33.1 Å². The van der Waals surface area contributed by atoms with Gasteiger partial charge in [0.05, 0.1) is 5.69 Å². The lowest BCUT2D eigenvalue weighted by Crippen LogP contribution is -2.45. The number of nitrogens with zero attached hydrogens (tertiary/aromatic N) is 1. The topological polar surface area (TPSA) is 20.3 Å². The minimum atomic E-state index is 0.190. The van der Waals surface area contributed by atoms with Gasteiger partial charge in [-0.3, -0.25) is 4.79 Å². The van der Waals surface area contributed by atoms with Crippen LogP contribution >= 0.6 is 11.3 Å². The van der Waals surface area contributed by atoms with Gasteiger partial charge in [0, 0.05) is 27.5 Å². The van der Waals surface area contributed by atoms with E-state index in [0.29, 0.717) is 12.1 Å². The normalized spacial score (nSPS) is 23.8. The summed E-state index contributed by atoms with van der Waals surface area (Å²) in [6, 6.07) is 8.83. The van der Waals surface area contributed by atoms with E-state index < -0.39 is 0 Å². The highest BCUT2D eigenvalue weighted by molar-refractivity contribution is 7.16. The van der Waals surface area contributed by atoms with Gasteiger partial charge in [0.15, 0.2) is 0 Å². The second-order valence-corrected chi connectivity index (χ2v) is 6.39. The SMILES string of the molecule is C[C@@H]1CCC[C@@H](C)N1c1csc2ccccc2c1=O. The average molecular weight is 273 g/mol. The summed E-state index contributed by atoms with van der Waals surface area (Å²) in [5.41, 5.74) is 1.08. The van der Waals surface area contributed by atoms with Crippen molar-refractivity contribution in [3.05, 3.63) is 39.9 Å². The summed E-state index contributed by atoms with van der Waals surface area (Å²) < 4.78 is 1.08. The van der Waals surface area contributed by atoms with Crippen molar-refractivity contribution in [2.45, 2.75) is 45.2 Å². The molecule has 0 aliphatic carbocycles. The summed E-state index contributed by atoms with van der Waals surface area (Å²) in [7, 11) is 0. The Hall–Kier alpha value is -1.35. The van der Waals surface area contributed by atoms with E-state index in [0.717, 1.165) is 15.8 Å². The molecule has 1 aromatic heterocycles. The Labute approximate surface area is 117 Å². The minimum absolute atomic E-state index is 0.190. The zero-order valence-electron chi connectivity index (χ0n) is 11.4. The van der Waals surface area contributed by atoms with Gasteiger partial charge in [-0.15, -0.1) is 11.3 Å². The number of anilines is 1. The van der Waals surface area contributed by atoms with Crippen LogP contribution in [0.25, 0.3) is 10.1 Å². The van der Waals surface area contributed by atoms with E-state index >= 15 is 0 Å². The smallest absolute Gasteiger partial charge is 0.211 e. The van der Waals surface area contributed by atoms with Crippen LogP contribution in [0.2, 0.25) is 0 Å². The van der Waals surface area contributed by atoms with Gasteiger partial charge in [-0.1, -0.05) is 12.1 Å². The molecule has 0 unspecified atom stereocenters. The van der Waals surface area contributed by atoms with Crippen molar-refractivity contribution in [1.29, 1.82) is 0 Å². The van der Waals surface area contributed by atoms with Gasteiger partial charge < -0.3 is 4.90 Å². The predicted molar refractivity (Wildman–Crippen MR) is 83.3 cm³/mol. The molecule has 0 saturated carbocycles. The molecule has 1 aromatic carbocycles. The molecular weight excluding hydrogens is 254 g/mol. The van der Waals surface area contributed by atoms with Crippen molar-refractivity contribution in [2.24, 2.45) is 0 Å². The maximum atomic E-state index is 12.7. The Balaban J connectivity index is 2.14. The lowest BCUT2D eigenvalue weighted by atomic mass is 9.97. The number of benzene rings is 1.